The summed E-state index contributed by atoms with van der Waals surface area (Å²) in [5, 5.41) is 6.91. The molecule has 1 aliphatic carbocycles. The second-order valence-corrected chi connectivity index (χ2v) is 9.50. The van der Waals surface area contributed by atoms with E-state index in [-0.39, 0.29) is 19.0 Å². The monoisotopic (exact) mass is 551 g/mol. The summed E-state index contributed by atoms with van der Waals surface area (Å²) in [7, 11) is 1.58. The maximum Gasteiger partial charge on any atom is 0.258 e. The van der Waals surface area contributed by atoms with E-state index < -0.39 is 0 Å². The molecular formula is C31H49N7O2. The van der Waals surface area contributed by atoms with E-state index in [2.05, 4.69) is 58.9 Å². The number of hydrogen-bond acceptors (Lipinski definition) is 6. The number of aliphatic imine (C=N–C) groups is 1. The molecule has 40 heavy (non-hydrogen) atoms. The standard InChI is InChI=1S/C23H32N6O2.C6H15N.C2H2/c1-3-25-21(24)15-29(16-22-26-11-12-27-22)23(30)19-10-9-17(13-20(19)31-2)14-28-18-7-5-4-6-8-18;1-3-5-7-6-4-2;1-2/h3,9-13,18,28H,1,4-8,14-16H2,2H3,(H2,24,25)(H,26,27);7H,3-6H2,1-2H3;1-2H. The molecule has 1 aromatic heterocycles. The highest BCUT2D eigenvalue weighted by Gasteiger charge is 2.22. The first kappa shape index (κ1) is 34.4. The molecule has 1 heterocycles. The van der Waals surface area contributed by atoms with Crippen molar-refractivity contribution in [1.82, 2.24) is 25.5 Å². The fourth-order valence-corrected chi connectivity index (χ4v) is 4.36. The number of nitrogens with two attached hydrogens (primary N) is 1. The fourth-order valence-electron chi connectivity index (χ4n) is 4.36. The fraction of sp³-hybridized carbons (Fsp3) is 0.516. The van der Waals surface area contributed by atoms with Crippen molar-refractivity contribution in [3.63, 3.8) is 0 Å². The van der Waals surface area contributed by atoms with Crippen LogP contribution in [0, 0.1) is 12.8 Å². The highest BCUT2D eigenvalue weighted by atomic mass is 16.5. The number of rotatable bonds is 14. The lowest BCUT2D eigenvalue weighted by atomic mass is 9.95. The Balaban J connectivity index is 0.000000775. The zero-order valence-corrected chi connectivity index (χ0v) is 24.6. The predicted molar refractivity (Wildman–Crippen MR) is 165 cm³/mol. The molecule has 1 aliphatic rings. The van der Waals surface area contributed by atoms with Gasteiger partial charge < -0.3 is 31.0 Å². The zero-order chi connectivity index (χ0) is 29.6. The summed E-state index contributed by atoms with van der Waals surface area (Å²) in [5.74, 6) is 1.29. The van der Waals surface area contributed by atoms with Crippen LogP contribution in [-0.2, 0) is 13.1 Å². The molecule has 0 atom stereocenters. The normalized spacial score (nSPS) is 13.3. The average molecular weight is 552 g/mol. The van der Waals surface area contributed by atoms with E-state index in [9.17, 15) is 4.79 Å². The smallest absolute Gasteiger partial charge is 0.258 e. The summed E-state index contributed by atoms with van der Waals surface area (Å²) >= 11 is 0. The molecule has 1 amide bonds. The van der Waals surface area contributed by atoms with Gasteiger partial charge in [0, 0.05) is 31.2 Å². The molecule has 220 valence electrons. The van der Waals surface area contributed by atoms with Gasteiger partial charge in [-0.3, -0.25) is 4.79 Å². The van der Waals surface area contributed by atoms with Gasteiger partial charge in [-0.25, -0.2) is 9.98 Å². The molecule has 0 unspecified atom stereocenters. The Labute approximate surface area is 241 Å². The summed E-state index contributed by atoms with van der Waals surface area (Å²) in [6.45, 7) is 11.5. The summed E-state index contributed by atoms with van der Waals surface area (Å²) in [4.78, 5) is 26.2. The first-order valence-corrected chi connectivity index (χ1v) is 14.2. The van der Waals surface area contributed by atoms with E-state index in [0.717, 1.165) is 12.1 Å². The SMILES string of the molecule is C#C.C=CN=C(N)CN(Cc1ncc[nH]1)C(=O)c1ccc(CNC2CCCCC2)cc1OC.CCCNCCC. The topological polar surface area (TPSA) is 121 Å². The number of benzene rings is 1. The molecule has 9 nitrogen and oxygen atoms in total. The minimum absolute atomic E-state index is 0.152. The van der Waals surface area contributed by atoms with Gasteiger partial charge in [-0.15, -0.1) is 12.8 Å². The third-order valence-electron chi connectivity index (χ3n) is 6.34. The minimum Gasteiger partial charge on any atom is -0.496 e. The number of terminal acetylenes is 1. The van der Waals surface area contributed by atoms with E-state index in [1.54, 1.807) is 24.4 Å². The Hall–Kier alpha value is -3.61. The van der Waals surface area contributed by atoms with Crippen LogP contribution in [0.3, 0.4) is 0 Å². The molecular weight excluding hydrogens is 502 g/mol. The van der Waals surface area contributed by atoms with Crippen molar-refractivity contribution in [3.05, 3.63) is 60.3 Å². The highest BCUT2D eigenvalue weighted by Crippen LogP contribution is 2.24. The molecule has 9 heteroatoms. The Morgan fingerprint density at radius 1 is 1.25 bits per heavy atom. The summed E-state index contributed by atoms with van der Waals surface area (Å²) in [6.07, 6.45) is 21.6. The van der Waals surface area contributed by atoms with Crippen molar-refractivity contribution >= 4 is 11.7 Å². The molecule has 2 aromatic rings. The first-order chi connectivity index (χ1) is 19.5. The number of amidine groups is 1. The Bertz CT molecular complexity index is 1010. The molecule has 0 aliphatic heterocycles. The van der Waals surface area contributed by atoms with E-state index in [4.69, 9.17) is 10.5 Å². The number of imidazole rings is 1. The zero-order valence-electron chi connectivity index (χ0n) is 24.6. The number of carbonyl (C=O) groups is 1. The predicted octanol–water partition coefficient (Wildman–Crippen LogP) is 4.63. The number of ether oxygens (including phenoxy) is 1. The third-order valence-corrected chi connectivity index (χ3v) is 6.34. The lowest BCUT2D eigenvalue weighted by Crippen LogP contribution is -2.38. The van der Waals surface area contributed by atoms with Crippen molar-refractivity contribution in [2.45, 2.75) is 77.9 Å². The van der Waals surface area contributed by atoms with Gasteiger partial charge in [0.1, 0.15) is 17.4 Å². The van der Waals surface area contributed by atoms with Crippen LogP contribution in [0.15, 0.2) is 48.4 Å². The van der Waals surface area contributed by atoms with Crippen LogP contribution in [0.25, 0.3) is 0 Å². The van der Waals surface area contributed by atoms with Crippen molar-refractivity contribution in [2.24, 2.45) is 10.7 Å². The molecule has 0 spiro atoms. The maximum atomic E-state index is 13.4. The summed E-state index contributed by atoms with van der Waals surface area (Å²) in [6, 6.07) is 6.28. The number of hydrogen-bond donors (Lipinski definition) is 4. The Kier molecular flexibility index (Phi) is 18.3. The van der Waals surface area contributed by atoms with E-state index in [0.29, 0.717) is 29.0 Å². The van der Waals surface area contributed by atoms with Crippen molar-refractivity contribution in [2.75, 3.05) is 26.7 Å². The van der Waals surface area contributed by atoms with Crippen molar-refractivity contribution < 1.29 is 9.53 Å². The maximum absolute atomic E-state index is 13.4. The van der Waals surface area contributed by atoms with Crippen LogP contribution in [-0.4, -0.2) is 59.4 Å². The lowest BCUT2D eigenvalue weighted by Gasteiger charge is -2.24. The molecule has 0 saturated heterocycles. The van der Waals surface area contributed by atoms with Crippen LogP contribution in [0.5, 0.6) is 5.75 Å². The average Bonchev–Trinajstić information content (AvgIpc) is 3.51. The molecule has 0 bridgehead atoms. The van der Waals surface area contributed by atoms with Crippen LogP contribution in [0.2, 0.25) is 0 Å². The van der Waals surface area contributed by atoms with Gasteiger partial charge >= 0.3 is 0 Å². The number of nitrogens with zero attached hydrogens (tertiary/aromatic N) is 3. The van der Waals surface area contributed by atoms with Gasteiger partial charge in [0.15, 0.2) is 0 Å². The quantitative estimate of drug-likeness (QED) is 0.118. The van der Waals surface area contributed by atoms with Gasteiger partial charge in [-0.05, 0) is 56.5 Å². The van der Waals surface area contributed by atoms with E-state index in [1.807, 2.05) is 18.2 Å². The van der Waals surface area contributed by atoms with Gasteiger partial charge in [0.05, 0.1) is 25.8 Å². The molecule has 5 N–H and O–H groups in total. The summed E-state index contributed by atoms with van der Waals surface area (Å²) in [5.41, 5.74) is 7.51. The minimum atomic E-state index is -0.206. The van der Waals surface area contributed by atoms with Gasteiger partial charge in [0.2, 0.25) is 0 Å². The number of aromatic amines is 1. The molecule has 1 fully saturated rings. The van der Waals surface area contributed by atoms with Crippen LogP contribution >= 0.6 is 0 Å². The van der Waals surface area contributed by atoms with Crippen LogP contribution in [0.4, 0.5) is 0 Å². The second kappa shape index (κ2) is 21.2. The molecule has 3 rings (SSSR count). The third kappa shape index (κ3) is 13.0. The van der Waals surface area contributed by atoms with Crippen molar-refractivity contribution in [1.29, 1.82) is 0 Å². The van der Waals surface area contributed by atoms with E-state index in [1.165, 1.54) is 64.2 Å². The highest BCUT2D eigenvalue weighted by molar-refractivity contribution is 5.99. The Morgan fingerprint density at radius 2 is 1.95 bits per heavy atom. The number of H-pyrrole nitrogens is 1. The largest absolute Gasteiger partial charge is 0.496 e. The Morgan fingerprint density at radius 3 is 2.52 bits per heavy atom. The number of amides is 1. The summed E-state index contributed by atoms with van der Waals surface area (Å²) < 4.78 is 5.56. The molecule has 0 radical (unpaired) electrons. The molecule has 1 saturated carbocycles. The van der Waals surface area contributed by atoms with Gasteiger partial charge in [-0.2, -0.15) is 0 Å². The number of methoxy groups -OCH3 is 1. The number of nitrogens with one attached hydrogen (secondary N) is 3. The first-order valence-electron chi connectivity index (χ1n) is 14.2. The van der Waals surface area contributed by atoms with Gasteiger partial charge in [-0.1, -0.05) is 45.8 Å². The van der Waals surface area contributed by atoms with E-state index >= 15 is 0 Å². The molecule has 1 aromatic carbocycles. The second-order valence-electron chi connectivity index (χ2n) is 9.50. The number of aromatic nitrogens is 2. The van der Waals surface area contributed by atoms with Crippen molar-refractivity contribution in [3.8, 4) is 18.6 Å². The van der Waals surface area contributed by atoms with Crippen LogP contribution < -0.4 is 21.1 Å². The van der Waals surface area contributed by atoms with Gasteiger partial charge in [0.25, 0.3) is 5.91 Å². The lowest BCUT2D eigenvalue weighted by molar-refractivity contribution is 0.0761. The number of carbonyl (C=O) groups excluding carboxylic acids is 1. The van der Waals surface area contributed by atoms with Crippen LogP contribution in [0.1, 0.15) is 80.5 Å².